The van der Waals surface area contributed by atoms with E-state index in [4.69, 9.17) is 11.0 Å². The molecule has 0 fully saturated rings. The normalized spacial score (nSPS) is 11.2. The van der Waals surface area contributed by atoms with Crippen LogP contribution in [0.1, 0.15) is 6.99 Å². The van der Waals surface area contributed by atoms with Crippen LogP contribution < -0.4 is 35.3 Å². The molecule has 0 radical (unpaired) electrons. The van der Waals surface area contributed by atoms with Gasteiger partial charge in [0.25, 0.3) is 10.1 Å². The first kappa shape index (κ1) is 20.0. The van der Waals surface area contributed by atoms with Crippen molar-refractivity contribution in [2.24, 2.45) is 10.2 Å². The average Bonchev–Trinajstić information content (AvgIpc) is 2.61. The van der Waals surface area contributed by atoms with Gasteiger partial charge in [-0.2, -0.15) is 18.8 Å². The second-order valence-corrected chi connectivity index (χ2v) is 6.58. The van der Waals surface area contributed by atoms with Gasteiger partial charge in [0.15, 0.2) is 0 Å². The molecule has 0 spiro atoms. The molecule has 0 aliphatic heterocycles. The van der Waals surface area contributed by atoms with E-state index in [2.05, 4.69) is 10.2 Å². The Morgan fingerprint density at radius 3 is 2.23 bits per heavy atom. The van der Waals surface area contributed by atoms with Gasteiger partial charge in [-0.25, -0.2) is 0 Å². The minimum Gasteiger partial charge on any atom is -1.00 e. The first-order chi connectivity index (χ1) is 11.9. The maximum Gasteiger partial charge on any atom is 1.00 e. The van der Waals surface area contributed by atoms with Gasteiger partial charge in [0, 0.05) is 10.8 Å². The first-order valence-corrected chi connectivity index (χ1v) is 8.55. The van der Waals surface area contributed by atoms with Gasteiger partial charge in [-0.15, -0.1) is 5.11 Å². The monoisotopic (exact) mass is 376 g/mol. The summed E-state index contributed by atoms with van der Waals surface area (Å²) in [6.07, 6.45) is 0. The largest absolute Gasteiger partial charge is 1.00 e. The van der Waals surface area contributed by atoms with Gasteiger partial charge in [0.05, 0.1) is 23.0 Å². The summed E-state index contributed by atoms with van der Waals surface area (Å²) in [6, 6.07) is 16.1. The van der Waals surface area contributed by atoms with Crippen LogP contribution >= 0.6 is 0 Å². The third-order valence-electron chi connectivity index (χ3n) is 3.57. The maximum atomic E-state index is 11.7. The summed E-state index contributed by atoms with van der Waals surface area (Å²) < 4.78 is 32.8. The number of nitrogen functional groups attached to an aromatic ring is 1. The van der Waals surface area contributed by atoms with E-state index in [1.807, 2.05) is 6.07 Å². The van der Waals surface area contributed by atoms with Crippen LogP contribution in [0.4, 0.5) is 17.1 Å². The van der Waals surface area contributed by atoms with Gasteiger partial charge in [0.2, 0.25) is 0 Å². The Morgan fingerprint density at radius 1 is 1.04 bits per heavy atom. The van der Waals surface area contributed by atoms with Crippen molar-refractivity contribution in [2.45, 2.75) is 4.90 Å². The van der Waals surface area contributed by atoms with E-state index in [0.29, 0.717) is 22.0 Å². The Bertz CT molecular complexity index is 1140. The zero-order valence-corrected chi connectivity index (χ0v) is 16.6. The van der Waals surface area contributed by atoms with Gasteiger partial charge < -0.3 is 7.16 Å². The number of anilines is 1. The van der Waals surface area contributed by atoms with Crippen molar-refractivity contribution in [1.29, 1.82) is 5.26 Å². The number of nitrogens with two attached hydrogens (primary N) is 1. The van der Waals surface area contributed by atoms with Crippen LogP contribution in [-0.2, 0) is 10.1 Å². The second-order valence-electron chi connectivity index (χ2n) is 5.19. The summed E-state index contributed by atoms with van der Waals surface area (Å²) in [5.41, 5.74) is 7.40. The van der Waals surface area contributed by atoms with Crippen molar-refractivity contribution < 1.29 is 44.0 Å². The minimum atomic E-state index is -4.45. The molecule has 7 nitrogen and oxygen atoms in total. The van der Waals surface area contributed by atoms with Crippen molar-refractivity contribution in [3.63, 3.8) is 0 Å². The van der Waals surface area contributed by atoms with Gasteiger partial charge in [-0.1, -0.05) is 24.3 Å². The van der Waals surface area contributed by atoms with Crippen molar-refractivity contribution in [1.82, 2.24) is 0 Å². The Hall–Kier alpha value is -2.28. The van der Waals surface area contributed by atoms with E-state index in [1.54, 1.807) is 48.5 Å². The molecular weight excluding hydrogens is 363 g/mol. The van der Waals surface area contributed by atoms with E-state index >= 15 is 0 Å². The number of nitrogens with zero attached hydrogens (tertiary/aromatic N) is 3. The predicted molar refractivity (Wildman–Crippen MR) is 94.6 cm³/mol. The van der Waals surface area contributed by atoms with E-state index < -0.39 is 10.1 Å². The van der Waals surface area contributed by atoms with Crippen LogP contribution in [0.3, 0.4) is 0 Å². The van der Waals surface area contributed by atoms with E-state index in [-0.39, 0.29) is 47.3 Å². The molecule has 3 aromatic carbocycles. The molecular formula is C17H13N4NaO3S. The molecule has 0 aromatic heterocycles. The fourth-order valence-electron chi connectivity index (χ4n) is 2.36. The summed E-state index contributed by atoms with van der Waals surface area (Å²) in [5.74, 6) is 0. The molecule has 3 rings (SSSR count). The Balaban J connectivity index is 0.00000182. The number of benzene rings is 3. The van der Waals surface area contributed by atoms with Crippen LogP contribution in [0, 0.1) is 11.3 Å². The zero-order chi connectivity index (χ0) is 18.0. The molecule has 9 heteroatoms. The van der Waals surface area contributed by atoms with Gasteiger partial charge in [-0.05, 0) is 30.3 Å². The smallest absolute Gasteiger partial charge is 1.00 e. The van der Waals surface area contributed by atoms with Gasteiger partial charge in [-0.3, -0.25) is 4.55 Å². The number of fused-ring (bicyclic) bond motifs is 1. The SMILES string of the molecule is N#Cc1ccc(N=Nc2cc(S(=O)(=O)O)c3ccccc3c2N)cc1.[H-].[Na+]. The third kappa shape index (κ3) is 4.09. The molecule has 26 heavy (non-hydrogen) atoms. The standard InChI is InChI=1S/C17H12N4O3S.Na.H/c18-10-11-5-7-12(8-6-11)20-21-15-9-16(25(22,23)24)13-3-1-2-4-14(13)17(15)19;;/h1-9H,19H2,(H,22,23,24);;/q;+1;-1. The van der Waals surface area contributed by atoms with E-state index in [0.717, 1.165) is 0 Å². The summed E-state index contributed by atoms with van der Waals surface area (Å²) in [7, 11) is -4.45. The van der Waals surface area contributed by atoms with Gasteiger partial charge in [0.1, 0.15) is 10.6 Å². The number of hydrogen-bond donors (Lipinski definition) is 2. The number of azo groups is 1. The molecule has 0 unspecified atom stereocenters. The Labute approximate surface area is 173 Å². The van der Waals surface area contributed by atoms with Crippen molar-refractivity contribution in [3.05, 3.63) is 60.2 Å². The van der Waals surface area contributed by atoms with Crippen LogP contribution in [0.15, 0.2) is 69.7 Å². The topological polar surface area (TPSA) is 129 Å². The quantitative estimate of drug-likeness (QED) is 0.306. The predicted octanol–water partition coefficient (Wildman–Crippen LogP) is 1.07. The minimum absolute atomic E-state index is 0. The molecule has 3 aromatic rings. The molecule has 0 amide bonds. The molecule has 0 bridgehead atoms. The first-order valence-electron chi connectivity index (χ1n) is 7.11. The number of rotatable bonds is 3. The summed E-state index contributed by atoms with van der Waals surface area (Å²) in [5, 5.41) is 17.5. The molecule has 126 valence electrons. The molecule has 0 atom stereocenters. The number of hydrogen-bond acceptors (Lipinski definition) is 6. The molecule has 0 aliphatic carbocycles. The molecule has 0 saturated carbocycles. The molecule has 0 saturated heterocycles. The molecule has 0 heterocycles. The average molecular weight is 376 g/mol. The fraction of sp³-hybridized carbons (Fsp3) is 0. The Kier molecular flexibility index (Phi) is 6.13. The summed E-state index contributed by atoms with van der Waals surface area (Å²) >= 11 is 0. The maximum absolute atomic E-state index is 11.7. The van der Waals surface area contributed by atoms with Crippen molar-refractivity contribution in [3.8, 4) is 6.07 Å². The summed E-state index contributed by atoms with van der Waals surface area (Å²) in [6.45, 7) is 0. The third-order valence-corrected chi connectivity index (χ3v) is 4.47. The molecule has 0 aliphatic rings. The van der Waals surface area contributed by atoms with Crippen molar-refractivity contribution in [2.75, 3.05) is 5.73 Å². The summed E-state index contributed by atoms with van der Waals surface area (Å²) in [4.78, 5) is -0.286. The van der Waals surface area contributed by atoms with Crippen LogP contribution in [0.25, 0.3) is 10.8 Å². The van der Waals surface area contributed by atoms with E-state index in [9.17, 15) is 13.0 Å². The number of nitriles is 1. The molecule has 3 N–H and O–H groups in total. The van der Waals surface area contributed by atoms with Crippen LogP contribution in [0.5, 0.6) is 0 Å². The van der Waals surface area contributed by atoms with Crippen molar-refractivity contribution >= 4 is 38.0 Å². The fourth-order valence-corrected chi connectivity index (χ4v) is 3.08. The second kappa shape index (κ2) is 7.95. The zero-order valence-electron chi connectivity index (χ0n) is 14.8. The van der Waals surface area contributed by atoms with Crippen LogP contribution in [-0.4, -0.2) is 13.0 Å². The van der Waals surface area contributed by atoms with Gasteiger partial charge >= 0.3 is 29.6 Å². The van der Waals surface area contributed by atoms with E-state index in [1.165, 1.54) is 6.07 Å². The Morgan fingerprint density at radius 2 is 1.65 bits per heavy atom. The van der Waals surface area contributed by atoms with Crippen LogP contribution in [0.2, 0.25) is 0 Å².